The van der Waals surface area contributed by atoms with Crippen LogP contribution in [-0.2, 0) is 6.18 Å². The van der Waals surface area contributed by atoms with Crippen LogP contribution in [0.5, 0.6) is 5.75 Å². The van der Waals surface area contributed by atoms with E-state index in [1.807, 2.05) is 13.8 Å². The van der Waals surface area contributed by atoms with E-state index >= 15 is 0 Å². The van der Waals surface area contributed by atoms with Gasteiger partial charge in [-0.15, -0.1) is 0 Å². The van der Waals surface area contributed by atoms with Crippen molar-refractivity contribution < 1.29 is 17.9 Å². The molecule has 1 N–H and O–H groups in total. The molecule has 0 radical (unpaired) electrons. The number of halogens is 3. The number of nitrogens with one attached hydrogen (secondary N) is 1. The molecule has 0 aliphatic carbocycles. The van der Waals surface area contributed by atoms with Crippen molar-refractivity contribution in [2.45, 2.75) is 26.1 Å². The molecule has 21 heavy (non-hydrogen) atoms. The van der Waals surface area contributed by atoms with Crippen LogP contribution in [0, 0.1) is 4.77 Å². The topological polar surface area (TPSA) is 37.9 Å². The Morgan fingerprint density at radius 3 is 2.57 bits per heavy atom. The fourth-order valence-corrected chi connectivity index (χ4v) is 1.97. The van der Waals surface area contributed by atoms with Crippen molar-refractivity contribution in [1.82, 2.24) is 9.97 Å². The Balaban J connectivity index is 2.47. The maximum atomic E-state index is 12.8. The lowest BCUT2D eigenvalue weighted by molar-refractivity contribution is -0.141. The molecule has 0 aliphatic rings. The van der Waals surface area contributed by atoms with E-state index in [1.54, 1.807) is 24.3 Å². The van der Waals surface area contributed by atoms with Crippen LogP contribution in [0.2, 0.25) is 0 Å². The standard InChI is InChI=1S/C14H13F3N2OS/c1-8(2)20-10-5-3-4-9(6-10)11-7-12(14(15,16)17)19-13(21)18-11/h3-8H,1-2H3,(H,18,19,21). The summed E-state index contributed by atoms with van der Waals surface area (Å²) >= 11 is 4.76. The van der Waals surface area contributed by atoms with Crippen molar-refractivity contribution in [1.29, 1.82) is 0 Å². The van der Waals surface area contributed by atoms with Crippen LogP contribution in [0.25, 0.3) is 11.3 Å². The van der Waals surface area contributed by atoms with Gasteiger partial charge in [0.15, 0.2) is 4.77 Å². The normalized spacial score (nSPS) is 11.7. The molecular weight excluding hydrogens is 301 g/mol. The molecule has 1 aromatic carbocycles. The zero-order valence-electron chi connectivity index (χ0n) is 11.4. The Labute approximate surface area is 124 Å². The van der Waals surface area contributed by atoms with Crippen molar-refractivity contribution in [2.75, 3.05) is 0 Å². The van der Waals surface area contributed by atoms with Gasteiger partial charge in [0, 0.05) is 5.56 Å². The monoisotopic (exact) mass is 314 g/mol. The lowest BCUT2D eigenvalue weighted by Crippen LogP contribution is -2.09. The van der Waals surface area contributed by atoms with Gasteiger partial charge < -0.3 is 9.72 Å². The van der Waals surface area contributed by atoms with Crippen molar-refractivity contribution in [3.8, 4) is 17.0 Å². The number of aromatic amines is 1. The Hall–Kier alpha value is -1.89. The van der Waals surface area contributed by atoms with E-state index in [4.69, 9.17) is 17.0 Å². The van der Waals surface area contributed by atoms with E-state index in [2.05, 4.69) is 9.97 Å². The van der Waals surface area contributed by atoms with Gasteiger partial charge in [0.1, 0.15) is 11.4 Å². The summed E-state index contributed by atoms with van der Waals surface area (Å²) in [7, 11) is 0. The molecular formula is C14H13F3N2OS. The molecule has 2 aromatic rings. The second-order valence-electron chi connectivity index (χ2n) is 4.68. The fraction of sp³-hybridized carbons (Fsp3) is 0.286. The molecule has 0 amide bonds. The number of rotatable bonds is 3. The van der Waals surface area contributed by atoms with Crippen LogP contribution in [0.1, 0.15) is 19.5 Å². The summed E-state index contributed by atoms with van der Waals surface area (Å²) in [4.78, 5) is 5.99. The van der Waals surface area contributed by atoms with E-state index in [-0.39, 0.29) is 16.6 Å². The summed E-state index contributed by atoms with van der Waals surface area (Å²) in [6.45, 7) is 3.73. The van der Waals surface area contributed by atoms with Gasteiger partial charge in [-0.05, 0) is 44.3 Å². The van der Waals surface area contributed by atoms with Crippen LogP contribution in [-0.4, -0.2) is 16.1 Å². The zero-order chi connectivity index (χ0) is 15.6. The van der Waals surface area contributed by atoms with Crippen LogP contribution in [0.15, 0.2) is 30.3 Å². The Morgan fingerprint density at radius 2 is 1.95 bits per heavy atom. The minimum atomic E-state index is -4.50. The summed E-state index contributed by atoms with van der Waals surface area (Å²) in [6.07, 6.45) is -4.53. The highest BCUT2D eigenvalue weighted by atomic mass is 32.1. The quantitative estimate of drug-likeness (QED) is 0.841. The number of ether oxygens (including phenoxy) is 1. The molecule has 0 aliphatic heterocycles. The Bertz CT molecular complexity index is 695. The molecule has 1 heterocycles. The highest BCUT2D eigenvalue weighted by molar-refractivity contribution is 7.71. The number of hydrogen-bond acceptors (Lipinski definition) is 3. The first-order chi connectivity index (χ1) is 9.75. The third-order valence-corrected chi connectivity index (χ3v) is 2.74. The molecule has 0 spiro atoms. The number of nitrogens with zero attached hydrogens (tertiary/aromatic N) is 1. The number of benzene rings is 1. The summed E-state index contributed by atoms with van der Waals surface area (Å²) in [5.41, 5.74) is -0.258. The zero-order valence-corrected chi connectivity index (χ0v) is 12.2. The maximum Gasteiger partial charge on any atom is 0.431 e. The molecule has 0 bridgehead atoms. The van der Waals surface area contributed by atoms with Crippen molar-refractivity contribution in [3.63, 3.8) is 0 Å². The molecule has 2 rings (SSSR count). The summed E-state index contributed by atoms with van der Waals surface area (Å²) in [5, 5.41) is 0. The second kappa shape index (κ2) is 5.85. The average Bonchev–Trinajstić information content (AvgIpc) is 2.36. The van der Waals surface area contributed by atoms with E-state index < -0.39 is 11.9 Å². The van der Waals surface area contributed by atoms with Gasteiger partial charge in [-0.25, -0.2) is 4.98 Å². The van der Waals surface area contributed by atoms with Gasteiger partial charge in [-0.2, -0.15) is 13.2 Å². The minimum Gasteiger partial charge on any atom is -0.491 e. The third kappa shape index (κ3) is 4.04. The molecule has 3 nitrogen and oxygen atoms in total. The molecule has 0 saturated heterocycles. The van der Waals surface area contributed by atoms with Crippen LogP contribution in [0.4, 0.5) is 13.2 Å². The SMILES string of the molecule is CC(C)Oc1cccc(-c2cc(C(F)(F)F)[nH]c(=S)n2)c1. The molecule has 7 heteroatoms. The second-order valence-corrected chi connectivity index (χ2v) is 5.06. The third-order valence-electron chi connectivity index (χ3n) is 2.55. The highest BCUT2D eigenvalue weighted by Crippen LogP contribution is 2.30. The predicted octanol–water partition coefficient (Wildman–Crippen LogP) is 4.61. The number of alkyl halides is 3. The van der Waals surface area contributed by atoms with Gasteiger partial charge in [-0.1, -0.05) is 12.1 Å². The molecule has 0 fully saturated rings. The van der Waals surface area contributed by atoms with E-state index in [0.717, 1.165) is 6.07 Å². The van der Waals surface area contributed by atoms with Gasteiger partial charge >= 0.3 is 6.18 Å². The Kier molecular flexibility index (Phi) is 4.32. The first-order valence-electron chi connectivity index (χ1n) is 6.21. The summed E-state index contributed by atoms with van der Waals surface area (Å²) < 4.78 is 43.7. The predicted molar refractivity (Wildman–Crippen MR) is 75.6 cm³/mol. The van der Waals surface area contributed by atoms with Crippen LogP contribution >= 0.6 is 12.2 Å². The minimum absolute atomic E-state index is 0.0300. The highest BCUT2D eigenvalue weighted by Gasteiger charge is 2.32. The largest absolute Gasteiger partial charge is 0.491 e. The van der Waals surface area contributed by atoms with Crippen molar-refractivity contribution in [3.05, 3.63) is 40.8 Å². The van der Waals surface area contributed by atoms with Crippen molar-refractivity contribution >= 4 is 12.2 Å². The summed E-state index contributed by atoms with van der Waals surface area (Å²) in [6, 6.07) is 7.66. The van der Waals surface area contributed by atoms with Crippen molar-refractivity contribution in [2.24, 2.45) is 0 Å². The fourth-order valence-electron chi connectivity index (χ4n) is 1.76. The molecule has 0 saturated carbocycles. The number of H-pyrrole nitrogens is 1. The van der Waals surface area contributed by atoms with Crippen LogP contribution in [0.3, 0.4) is 0 Å². The van der Waals surface area contributed by atoms with E-state index in [1.165, 1.54) is 0 Å². The van der Waals surface area contributed by atoms with E-state index in [0.29, 0.717) is 11.3 Å². The van der Waals surface area contributed by atoms with Crippen LogP contribution < -0.4 is 4.74 Å². The van der Waals surface area contributed by atoms with Gasteiger partial charge in [0.2, 0.25) is 0 Å². The number of aromatic nitrogens is 2. The first kappa shape index (κ1) is 15.5. The molecule has 0 atom stereocenters. The Morgan fingerprint density at radius 1 is 1.24 bits per heavy atom. The lowest BCUT2D eigenvalue weighted by atomic mass is 10.1. The first-order valence-corrected chi connectivity index (χ1v) is 6.62. The molecule has 1 aromatic heterocycles. The lowest BCUT2D eigenvalue weighted by Gasteiger charge is -2.12. The maximum absolute atomic E-state index is 12.8. The van der Waals surface area contributed by atoms with Gasteiger partial charge in [0.25, 0.3) is 0 Å². The average molecular weight is 314 g/mol. The van der Waals surface area contributed by atoms with E-state index in [9.17, 15) is 13.2 Å². The summed E-state index contributed by atoms with van der Waals surface area (Å²) in [5.74, 6) is 0.566. The smallest absolute Gasteiger partial charge is 0.431 e. The van der Waals surface area contributed by atoms with Gasteiger partial charge in [-0.3, -0.25) is 0 Å². The van der Waals surface area contributed by atoms with Gasteiger partial charge in [0.05, 0.1) is 11.8 Å². The molecule has 0 unspecified atom stereocenters. The molecule has 112 valence electrons. The number of hydrogen-bond donors (Lipinski definition) is 1.